The number of halogens is 3. The Balaban J connectivity index is 2.18. The number of aldehydes is 1. The van der Waals surface area contributed by atoms with Crippen molar-refractivity contribution in [2.24, 2.45) is 0 Å². The molecule has 20 heavy (non-hydrogen) atoms. The van der Waals surface area contributed by atoms with E-state index in [1.54, 1.807) is 6.92 Å². The molecule has 0 saturated heterocycles. The second-order valence-electron chi connectivity index (χ2n) is 4.25. The second-order valence-corrected chi connectivity index (χ2v) is 4.25. The first kappa shape index (κ1) is 12.5. The molecule has 0 spiro atoms. The maximum Gasteiger partial charge on any atom is 0.416 e. The lowest BCUT2D eigenvalue weighted by atomic mass is 10.1. The Kier molecular flexibility index (Phi) is 2.50. The number of hydrogen-bond acceptors (Lipinski definition) is 4. The minimum Gasteiger partial charge on any atom is -0.341 e. The number of rotatable bonds is 1. The van der Waals surface area contributed by atoms with E-state index in [2.05, 4.69) is 10.5 Å². The topological polar surface area (TPSA) is 56.2 Å². The molecule has 5 nitrogen and oxygen atoms in total. The van der Waals surface area contributed by atoms with Gasteiger partial charge in [-0.25, -0.2) is 5.48 Å². The van der Waals surface area contributed by atoms with Crippen molar-refractivity contribution in [1.29, 1.82) is 0 Å². The van der Waals surface area contributed by atoms with Crippen molar-refractivity contribution in [3.63, 3.8) is 0 Å². The Hall–Kier alpha value is -2.51. The van der Waals surface area contributed by atoms with Gasteiger partial charge >= 0.3 is 12.2 Å². The third kappa shape index (κ3) is 1.72. The van der Waals surface area contributed by atoms with Gasteiger partial charge in [-0.1, -0.05) is 0 Å². The number of fused-ring (bicyclic) bond motifs is 3. The SMILES string of the molecule is Cc1c(C=O)nc2n1-c1ccc(C(F)(F)F)cc1NO2. The summed E-state index contributed by atoms with van der Waals surface area (Å²) in [6.45, 7) is 1.64. The summed E-state index contributed by atoms with van der Waals surface area (Å²) in [5.74, 6) is 0. The summed E-state index contributed by atoms with van der Waals surface area (Å²) >= 11 is 0. The van der Waals surface area contributed by atoms with Gasteiger partial charge in [0.15, 0.2) is 6.29 Å². The van der Waals surface area contributed by atoms with Crippen molar-refractivity contribution in [2.45, 2.75) is 13.1 Å². The maximum atomic E-state index is 12.7. The van der Waals surface area contributed by atoms with Gasteiger partial charge in [0.05, 0.1) is 22.6 Å². The summed E-state index contributed by atoms with van der Waals surface area (Å²) < 4.78 is 39.5. The van der Waals surface area contributed by atoms with E-state index in [1.807, 2.05) is 0 Å². The summed E-state index contributed by atoms with van der Waals surface area (Å²) in [5.41, 5.74) is 2.88. The minimum atomic E-state index is -4.44. The van der Waals surface area contributed by atoms with Crippen LogP contribution in [0.4, 0.5) is 18.9 Å². The smallest absolute Gasteiger partial charge is 0.341 e. The quantitative estimate of drug-likeness (QED) is 0.818. The largest absolute Gasteiger partial charge is 0.416 e. The highest BCUT2D eigenvalue weighted by Crippen LogP contribution is 2.37. The first-order valence-electron chi connectivity index (χ1n) is 5.61. The molecule has 104 valence electrons. The molecule has 1 aliphatic rings. The number of alkyl halides is 3. The van der Waals surface area contributed by atoms with E-state index in [-0.39, 0.29) is 17.4 Å². The van der Waals surface area contributed by atoms with Crippen molar-refractivity contribution >= 4 is 12.0 Å². The summed E-state index contributed by atoms with van der Waals surface area (Å²) in [6.07, 6.45) is -3.87. The average Bonchev–Trinajstić information content (AvgIpc) is 2.74. The lowest BCUT2D eigenvalue weighted by Crippen LogP contribution is -2.18. The molecule has 0 radical (unpaired) electrons. The van der Waals surface area contributed by atoms with Gasteiger partial charge < -0.3 is 4.84 Å². The zero-order valence-corrected chi connectivity index (χ0v) is 10.2. The number of imidazole rings is 1. The van der Waals surface area contributed by atoms with E-state index in [0.29, 0.717) is 17.7 Å². The lowest BCUT2D eigenvalue weighted by Gasteiger charge is -2.21. The van der Waals surface area contributed by atoms with Gasteiger partial charge in [0, 0.05) is 0 Å². The number of anilines is 1. The predicted octanol–water partition coefficient (Wildman–Crippen LogP) is 2.73. The Morgan fingerprint density at radius 1 is 1.40 bits per heavy atom. The predicted molar refractivity (Wildman–Crippen MR) is 62.9 cm³/mol. The number of hydrogen-bond donors (Lipinski definition) is 1. The molecule has 3 rings (SSSR count). The Bertz CT molecular complexity index is 707. The molecule has 0 fully saturated rings. The Morgan fingerprint density at radius 2 is 2.15 bits per heavy atom. The van der Waals surface area contributed by atoms with Crippen molar-refractivity contribution in [1.82, 2.24) is 9.55 Å². The molecule has 0 amide bonds. The van der Waals surface area contributed by atoms with Crippen molar-refractivity contribution in [2.75, 3.05) is 5.48 Å². The fraction of sp³-hybridized carbons (Fsp3) is 0.167. The van der Waals surface area contributed by atoms with Crippen LogP contribution in [0, 0.1) is 6.92 Å². The Labute approximate surface area is 110 Å². The van der Waals surface area contributed by atoms with Gasteiger partial charge in [-0.05, 0) is 25.1 Å². The van der Waals surface area contributed by atoms with Gasteiger partial charge in [0.2, 0.25) is 0 Å². The van der Waals surface area contributed by atoms with Crippen molar-refractivity contribution in [3.05, 3.63) is 35.2 Å². The summed E-state index contributed by atoms with van der Waals surface area (Å²) in [4.78, 5) is 19.8. The van der Waals surface area contributed by atoms with E-state index in [0.717, 1.165) is 12.1 Å². The van der Waals surface area contributed by atoms with Crippen LogP contribution in [0.3, 0.4) is 0 Å². The van der Waals surface area contributed by atoms with Gasteiger partial charge in [0.1, 0.15) is 5.69 Å². The molecule has 2 aromatic rings. The Morgan fingerprint density at radius 3 is 2.80 bits per heavy atom. The van der Waals surface area contributed by atoms with Gasteiger partial charge in [-0.15, -0.1) is 0 Å². The normalized spacial score (nSPS) is 13.0. The summed E-state index contributed by atoms with van der Waals surface area (Å²) in [7, 11) is 0. The highest BCUT2D eigenvalue weighted by Gasteiger charge is 2.32. The molecule has 8 heteroatoms. The molecule has 0 bridgehead atoms. The zero-order valence-electron chi connectivity index (χ0n) is 10.2. The molecule has 0 saturated carbocycles. The van der Waals surface area contributed by atoms with Gasteiger partial charge in [0.25, 0.3) is 0 Å². The van der Waals surface area contributed by atoms with Crippen LogP contribution in [0.2, 0.25) is 0 Å². The molecule has 0 aliphatic carbocycles. The summed E-state index contributed by atoms with van der Waals surface area (Å²) in [6, 6.07) is 3.32. The van der Waals surface area contributed by atoms with Crippen LogP contribution in [0.5, 0.6) is 6.01 Å². The lowest BCUT2D eigenvalue weighted by molar-refractivity contribution is -0.137. The first-order chi connectivity index (χ1) is 9.41. The van der Waals surface area contributed by atoms with Crippen molar-refractivity contribution in [3.8, 4) is 11.7 Å². The molecule has 1 N–H and O–H groups in total. The van der Waals surface area contributed by atoms with Gasteiger partial charge in [-0.2, -0.15) is 18.2 Å². The standard InChI is InChI=1S/C12H8F3N3O2/c1-6-9(5-19)16-11-18(6)10-3-2-7(12(13,14)15)4-8(10)17-20-11/h2-5,17H,1H3. The van der Waals surface area contributed by atoms with Crippen LogP contribution in [0.1, 0.15) is 21.7 Å². The van der Waals surface area contributed by atoms with Crippen LogP contribution in [-0.4, -0.2) is 15.8 Å². The van der Waals surface area contributed by atoms with Crippen LogP contribution in [-0.2, 0) is 6.18 Å². The van der Waals surface area contributed by atoms with Crippen LogP contribution < -0.4 is 10.3 Å². The van der Waals surface area contributed by atoms with Crippen LogP contribution in [0.25, 0.3) is 5.69 Å². The fourth-order valence-electron chi connectivity index (χ4n) is 2.05. The molecule has 1 aliphatic heterocycles. The van der Waals surface area contributed by atoms with E-state index in [9.17, 15) is 18.0 Å². The monoisotopic (exact) mass is 283 g/mol. The van der Waals surface area contributed by atoms with E-state index in [4.69, 9.17) is 4.84 Å². The van der Waals surface area contributed by atoms with E-state index >= 15 is 0 Å². The fourth-order valence-corrected chi connectivity index (χ4v) is 2.05. The van der Waals surface area contributed by atoms with E-state index < -0.39 is 11.7 Å². The highest BCUT2D eigenvalue weighted by molar-refractivity contribution is 5.76. The maximum absolute atomic E-state index is 12.7. The van der Waals surface area contributed by atoms with Gasteiger partial charge in [-0.3, -0.25) is 9.36 Å². The van der Waals surface area contributed by atoms with Crippen LogP contribution in [0.15, 0.2) is 18.2 Å². The average molecular weight is 283 g/mol. The molecule has 0 atom stereocenters. The number of nitrogens with one attached hydrogen (secondary N) is 1. The van der Waals surface area contributed by atoms with Crippen molar-refractivity contribution < 1.29 is 22.8 Å². The molecular formula is C12H8F3N3O2. The molecule has 2 heterocycles. The number of carbonyl (C=O) groups is 1. The number of aromatic nitrogens is 2. The number of carbonyl (C=O) groups excluding carboxylic acids is 1. The van der Waals surface area contributed by atoms with Crippen LogP contribution >= 0.6 is 0 Å². The summed E-state index contributed by atoms with van der Waals surface area (Å²) in [5, 5.41) is 0. The number of benzene rings is 1. The molecule has 0 unspecified atom stereocenters. The highest BCUT2D eigenvalue weighted by atomic mass is 19.4. The second kappa shape index (κ2) is 3.99. The minimum absolute atomic E-state index is 0.108. The third-order valence-electron chi connectivity index (χ3n) is 3.04. The first-order valence-corrected chi connectivity index (χ1v) is 5.61. The molecular weight excluding hydrogens is 275 g/mol. The number of nitrogens with zero attached hydrogens (tertiary/aromatic N) is 2. The third-order valence-corrected chi connectivity index (χ3v) is 3.04. The zero-order chi connectivity index (χ0) is 14.5. The molecule has 1 aromatic carbocycles. The molecule has 1 aromatic heterocycles. The van der Waals surface area contributed by atoms with E-state index in [1.165, 1.54) is 10.6 Å².